The highest BCUT2D eigenvalue weighted by Crippen LogP contribution is 2.43. The van der Waals surface area contributed by atoms with Gasteiger partial charge in [-0.1, -0.05) is 12.1 Å². The van der Waals surface area contributed by atoms with Crippen LogP contribution < -0.4 is 20.1 Å². The second-order valence-electron chi connectivity index (χ2n) is 7.53. The van der Waals surface area contributed by atoms with Crippen molar-refractivity contribution in [3.05, 3.63) is 65.9 Å². The number of carbonyl (C=O) groups excluding carboxylic acids is 1. The Balaban J connectivity index is 1.57. The number of rotatable bonds is 6. The first kappa shape index (κ1) is 22.5. The van der Waals surface area contributed by atoms with Crippen molar-refractivity contribution in [2.75, 3.05) is 24.4 Å². The van der Waals surface area contributed by atoms with Gasteiger partial charge in [0.1, 0.15) is 17.3 Å². The number of aromatic nitrogens is 2. The molecule has 33 heavy (non-hydrogen) atoms. The number of anilines is 2. The molecule has 0 aliphatic carbocycles. The molecule has 0 radical (unpaired) electrons. The molecule has 3 aromatic rings. The summed E-state index contributed by atoms with van der Waals surface area (Å²) in [4.78, 5) is 12.7. The number of hydrogen-bond donors (Lipinski definition) is 2. The molecule has 2 N–H and O–H groups in total. The molecule has 10 heteroatoms. The van der Waals surface area contributed by atoms with Gasteiger partial charge in [-0.25, -0.2) is 4.68 Å². The predicted molar refractivity (Wildman–Crippen MR) is 117 cm³/mol. The van der Waals surface area contributed by atoms with Crippen LogP contribution in [0.25, 0.3) is 0 Å². The van der Waals surface area contributed by atoms with Crippen LogP contribution in [0.2, 0.25) is 0 Å². The third-order valence-corrected chi connectivity index (χ3v) is 5.36. The Morgan fingerprint density at radius 3 is 2.42 bits per heavy atom. The molecule has 0 bridgehead atoms. The molecule has 0 saturated carbocycles. The number of carbonyl (C=O) groups is 1. The molecule has 1 aliphatic heterocycles. The van der Waals surface area contributed by atoms with Gasteiger partial charge in [-0.15, -0.1) is 0 Å². The maximum atomic E-state index is 13.9. The fraction of sp³-hybridized carbons (Fsp3) is 0.304. The highest BCUT2D eigenvalue weighted by Gasteiger charge is 2.46. The molecule has 7 nitrogen and oxygen atoms in total. The van der Waals surface area contributed by atoms with E-state index in [0.717, 1.165) is 4.68 Å². The average Bonchev–Trinajstić information content (AvgIpc) is 3.23. The van der Waals surface area contributed by atoms with Crippen LogP contribution in [0.4, 0.5) is 24.7 Å². The molecule has 1 aromatic heterocycles. The molecule has 0 unspecified atom stereocenters. The van der Waals surface area contributed by atoms with E-state index in [9.17, 15) is 18.0 Å². The minimum Gasteiger partial charge on any atom is -0.497 e. The Labute approximate surface area is 188 Å². The minimum absolute atomic E-state index is 0.115. The summed E-state index contributed by atoms with van der Waals surface area (Å²) in [5, 5.41) is 9.70. The van der Waals surface area contributed by atoms with Crippen LogP contribution in [0.5, 0.6) is 11.5 Å². The van der Waals surface area contributed by atoms with Crippen LogP contribution in [-0.2, 0) is 0 Å². The minimum atomic E-state index is -4.53. The number of fused-ring (bicyclic) bond motifs is 1. The van der Waals surface area contributed by atoms with Gasteiger partial charge in [-0.3, -0.25) is 4.79 Å². The van der Waals surface area contributed by atoms with Crippen LogP contribution in [0, 0.1) is 0 Å². The number of halogens is 3. The van der Waals surface area contributed by atoms with E-state index >= 15 is 0 Å². The largest absolute Gasteiger partial charge is 0.497 e. The van der Waals surface area contributed by atoms with E-state index in [1.807, 2.05) is 6.92 Å². The number of methoxy groups -OCH3 is 1. The first-order valence-electron chi connectivity index (χ1n) is 10.4. The van der Waals surface area contributed by atoms with E-state index in [1.165, 1.54) is 13.2 Å². The quantitative estimate of drug-likeness (QED) is 0.529. The lowest BCUT2D eigenvalue weighted by atomic mass is 9.97. The van der Waals surface area contributed by atoms with E-state index < -0.39 is 24.2 Å². The second-order valence-corrected chi connectivity index (χ2v) is 7.53. The lowest BCUT2D eigenvalue weighted by Gasteiger charge is -2.33. The Morgan fingerprint density at radius 2 is 1.82 bits per heavy atom. The normalized spacial score (nSPS) is 17.6. The van der Waals surface area contributed by atoms with Crippen molar-refractivity contribution < 1.29 is 27.4 Å². The van der Waals surface area contributed by atoms with Crippen LogP contribution >= 0.6 is 0 Å². The molecule has 174 valence electrons. The Kier molecular flexibility index (Phi) is 6.17. The number of alkyl halides is 3. The first-order valence-corrected chi connectivity index (χ1v) is 10.4. The average molecular weight is 460 g/mol. The number of nitrogens with zero attached hydrogens (tertiary/aromatic N) is 2. The molecule has 0 saturated heterocycles. The van der Waals surface area contributed by atoms with Crippen LogP contribution in [-0.4, -0.2) is 35.6 Å². The van der Waals surface area contributed by atoms with Gasteiger partial charge in [0, 0.05) is 18.2 Å². The SMILES string of the molecule is CCOc1ccc(NC(=O)c2cc3n(n2)[C@H](C(F)(F)F)C[C@H](c2ccc(OC)cc2)N3)cc1. The van der Waals surface area contributed by atoms with E-state index in [0.29, 0.717) is 29.4 Å². The Morgan fingerprint density at radius 1 is 1.15 bits per heavy atom. The maximum Gasteiger partial charge on any atom is 0.410 e. The number of nitrogens with one attached hydrogen (secondary N) is 2. The molecular formula is C23H23F3N4O3. The topological polar surface area (TPSA) is 77.4 Å². The zero-order chi connectivity index (χ0) is 23.6. The van der Waals surface area contributed by atoms with Crippen molar-refractivity contribution in [1.29, 1.82) is 0 Å². The second kappa shape index (κ2) is 9.05. The highest BCUT2D eigenvalue weighted by atomic mass is 19.4. The maximum absolute atomic E-state index is 13.9. The molecule has 2 heterocycles. The molecule has 1 amide bonds. The fourth-order valence-electron chi connectivity index (χ4n) is 3.74. The van der Waals surface area contributed by atoms with E-state index in [-0.39, 0.29) is 17.9 Å². The molecule has 0 fully saturated rings. The van der Waals surface area contributed by atoms with Gasteiger partial charge < -0.3 is 20.1 Å². The fourth-order valence-corrected chi connectivity index (χ4v) is 3.74. The zero-order valence-corrected chi connectivity index (χ0v) is 18.0. The first-order chi connectivity index (χ1) is 15.8. The third kappa shape index (κ3) is 4.89. The lowest BCUT2D eigenvalue weighted by molar-refractivity contribution is -0.173. The Hall–Kier alpha value is -3.69. The monoisotopic (exact) mass is 460 g/mol. The smallest absolute Gasteiger partial charge is 0.410 e. The van der Waals surface area contributed by atoms with Gasteiger partial charge in [0.05, 0.1) is 19.8 Å². The number of benzene rings is 2. The van der Waals surface area contributed by atoms with Crippen LogP contribution in [0.3, 0.4) is 0 Å². The van der Waals surface area contributed by atoms with Gasteiger partial charge in [-0.2, -0.15) is 18.3 Å². The van der Waals surface area contributed by atoms with Crippen molar-refractivity contribution in [3.63, 3.8) is 0 Å². The van der Waals surface area contributed by atoms with Crippen molar-refractivity contribution in [2.45, 2.75) is 31.6 Å². The van der Waals surface area contributed by atoms with Crippen molar-refractivity contribution in [1.82, 2.24) is 9.78 Å². The molecule has 1 aliphatic rings. The summed E-state index contributed by atoms with van der Waals surface area (Å²) in [6, 6.07) is 12.4. The third-order valence-electron chi connectivity index (χ3n) is 5.36. The summed E-state index contributed by atoms with van der Waals surface area (Å²) in [5.74, 6) is 0.779. The Bertz CT molecular complexity index is 1110. The summed E-state index contributed by atoms with van der Waals surface area (Å²) in [6.07, 6.45) is -4.79. The van der Waals surface area contributed by atoms with Gasteiger partial charge in [-0.05, 0) is 48.9 Å². The van der Waals surface area contributed by atoms with Crippen LogP contribution in [0.1, 0.15) is 41.5 Å². The van der Waals surface area contributed by atoms with E-state index in [2.05, 4.69) is 15.7 Å². The van der Waals surface area contributed by atoms with Gasteiger partial charge in [0.25, 0.3) is 5.91 Å². The van der Waals surface area contributed by atoms with E-state index in [4.69, 9.17) is 9.47 Å². The lowest BCUT2D eigenvalue weighted by Crippen LogP contribution is -2.35. The number of ether oxygens (including phenoxy) is 2. The van der Waals surface area contributed by atoms with Crippen LogP contribution in [0.15, 0.2) is 54.6 Å². The predicted octanol–water partition coefficient (Wildman–Crippen LogP) is 5.20. The number of amides is 1. The molecule has 2 atom stereocenters. The molecular weight excluding hydrogens is 437 g/mol. The van der Waals surface area contributed by atoms with Crippen molar-refractivity contribution in [2.24, 2.45) is 0 Å². The van der Waals surface area contributed by atoms with E-state index in [1.54, 1.807) is 48.5 Å². The van der Waals surface area contributed by atoms with Crippen molar-refractivity contribution >= 4 is 17.4 Å². The molecule has 4 rings (SSSR count). The van der Waals surface area contributed by atoms with Gasteiger partial charge in [0.2, 0.25) is 0 Å². The zero-order valence-electron chi connectivity index (χ0n) is 18.0. The van der Waals surface area contributed by atoms with Gasteiger partial charge in [0.15, 0.2) is 11.7 Å². The molecule has 2 aromatic carbocycles. The summed E-state index contributed by atoms with van der Waals surface area (Å²) in [6.45, 7) is 2.37. The van der Waals surface area contributed by atoms with Crippen molar-refractivity contribution in [3.8, 4) is 11.5 Å². The standard InChI is InChI=1S/C23H23F3N4O3/c1-3-33-17-10-6-15(7-11-17)27-22(31)19-13-21-28-18(14-4-8-16(32-2)9-5-14)12-20(23(24,25)26)30(21)29-19/h4-11,13,18,20,28H,3,12H2,1-2H3,(H,27,31)/t18-,20+/m1/s1. The summed E-state index contributed by atoms with van der Waals surface area (Å²) >= 11 is 0. The highest BCUT2D eigenvalue weighted by molar-refractivity contribution is 6.03. The summed E-state index contributed by atoms with van der Waals surface area (Å²) in [7, 11) is 1.52. The van der Waals surface area contributed by atoms with Gasteiger partial charge >= 0.3 is 6.18 Å². The molecule has 0 spiro atoms. The summed E-state index contributed by atoms with van der Waals surface area (Å²) in [5.41, 5.74) is 1.04. The number of hydrogen-bond acceptors (Lipinski definition) is 5. The summed E-state index contributed by atoms with van der Waals surface area (Å²) < 4.78 is 52.9.